The van der Waals surface area contributed by atoms with Crippen LogP contribution in [0.5, 0.6) is 0 Å². The Morgan fingerprint density at radius 2 is 0.535 bits per heavy atom. The molecule has 0 radical (unpaired) electrons. The first kappa shape index (κ1) is 43.2. The van der Waals surface area contributed by atoms with Gasteiger partial charge in [0.25, 0.3) is 0 Å². The molecule has 0 fully saturated rings. The van der Waals surface area contributed by atoms with Gasteiger partial charge in [0.1, 0.15) is 0 Å². The minimum atomic E-state index is 0.505. The highest BCUT2D eigenvalue weighted by Crippen LogP contribution is 2.43. The standard InChI is InChI=1S/C67H52N4/c1-49-24-29-58(30-25-49)71(67-33-28-52-16-10-13-19-55(52)48-67)64-44-38-61(39-45-64)68(59-34-40-62(41-35-59)69(56-20-4-2-5-21-56)65-31-26-50-14-8-11-17-53(50)46-65)60-36-42-63(43-37-60)70(57-22-6-3-7-23-57)66-32-27-51-15-9-12-18-54(51)47-66/h2-24,26-49H,25H2,1H3. The van der Waals surface area contributed by atoms with Crippen molar-refractivity contribution in [2.75, 3.05) is 19.6 Å². The third-order valence-corrected chi connectivity index (χ3v) is 13.7. The molecule has 71 heavy (non-hydrogen) atoms. The van der Waals surface area contributed by atoms with E-state index in [4.69, 9.17) is 0 Å². The van der Waals surface area contributed by atoms with Crippen molar-refractivity contribution in [1.29, 1.82) is 0 Å². The largest absolute Gasteiger partial charge is 0.311 e. The van der Waals surface area contributed by atoms with E-state index in [0.717, 1.165) is 69.0 Å². The molecule has 0 heterocycles. The maximum Gasteiger partial charge on any atom is 0.0468 e. The Morgan fingerprint density at radius 3 is 0.873 bits per heavy atom. The van der Waals surface area contributed by atoms with Crippen LogP contribution in [0.1, 0.15) is 13.3 Å². The van der Waals surface area contributed by atoms with Crippen LogP contribution in [0, 0.1) is 5.92 Å². The van der Waals surface area contributed by atoms with Crippen LogP contribution in [0.4, 0.5) is 62.6 Å². The van der Waals surface area contributed by atoms with Gasteiger partial charge < -0.3 is 19.6 Å². The molecule has 0 aliphatic heterocycles. The number of nitrogens with zero attached hydrogens (tertiary/aromatic N) is 4. The van der Waals surface area contributed by atoms with Crippen LogP contribution in [0.3, 0.4) is 0 Å². The Labute approximate surface area is 416 Å². The normalized spacial score (nSPS) is 13.3. The molecule has 1 unspecified atom stereocenters. The summed E-state index contributed by atoms with van der Waals surface area (Å²) in [6, 6.07) is 94.2. The lowest BCUT2D eigenvalue weighted by molar-refractivity contribution is 0.728. The number of anilines is 11. The predicted octanol–water partition coefficient (Wildman–Crippen LogP) is 19.2. The van der Waals surface area contributed by atoms with Crippen molar-refractivity contribution in [2.45, 2.75) is 13.3 Å². The van der Waals surface area contributed by atoms with Crippen molar-refractivity contribution >= 4 is 94.9 Å². The molecule has 0 aromatic heterocycles. The van der Waals surface area contributed by atoms with Crippen LogP contribution in [-0.4, -0.2) is 0 Å². The van der Waals surface area contributed by atoms with E-state index in [0.29, 0.717) is 5.92 Å². The predicted molar refractivity (Wildman–Crippen MR) is 303 cm³/mol. The van der Waals surface area contributed by atoms with Crippen LogP contribution in [-0.2, 0) is 0 Å². The molecule has 12 rings (SSSR count). The van der Waals surface area contributed by atoms with Gasteiger partial charge in [-0.3, -0.25) is 0 Å². The number of para-hydroxylation sites is 2. The highest BCUT2D eigenvalue weighted by molar-refractivity contribution is 5.92. The molecule has 1 atom stereocenters. The molecule has 0 N–H and O–H groups in total. The highest BCUT2D eigenvalue weighted by Gasteiger charge is 2.21. The molecular weight excluding hydrogens is 861 g/mol. The Morgan fingerprint density at radius 1 is 0.268 bits per heavy atom. The topological polar surface area (TPSA) is 13.0 Å². The molecule has 0 spiro atoms. The summed E-state index contributed by atoms with van der Waals surface area (Å²) in [4.78, 5) is 9.44. The number of rotatable bonds is 12. The number of hydrogen-bond acceptors (Lipinski definition) is 4. The number of allylic oxidation sites excluding steroid dienone is 3. The maximum absolute atomic E-state index is 2.39. The van der Waals surface area contributed by atoms with Crippen molar-refractivity contribution in [3.63, 3.8) is 0 Å². The lowest BCUT2D eigenvalue weighted by atomic mass is 10.00. The zero-order valence-corrected chi connectivity index (χ0v) is 39.6. The lowest BCUT2D eigenvalue weighted by Crippen LogP contribution is -2.17. The average molecular weight is 913 g/mol. The molecule has 1 aliphatic carbocycles. The third-order valence-electron chi connectivity index (χ3n) is 13.7. The van der Waals surface area contributed by atoms with Gasteiger partial charge in [0.05, 0.1) is 0 Å². The van der Waals surface area contributed by atoms with E-state index in [-0.39, 0.29) is 0 Å². The molecule has 11 aromatic rings. The summed E-state index contributed by atoms with van der Waals surface area (Å²) in [5.41, 5.74) is 13.1. The summed E-state index contributed by atoms with van der Waals surface area (Å²) < 4.78 is 0. The summed E-state index contributed by atoms with van der Waals surface area (Å²) in [5.74, 6) is 0.505. The quantitative estimate of drug-likeness (QED) is 0.121. The van der Waals surface area contributed by atoms with Crippen LogP contribution >= 0.6 is 0 Å². The van der Waals surface area contributed by atoms with Crippen LogP contribution in [0.15, 0.2) is 285 Å². The van der Waals surface area contributed by atoms with Gasteiger partial charge in [-0.15, -0.1) is 0 Å². The van der Waals surface area contributed by atoms with E-state index in [1.165, 1.54) is 38.0 Å². The van der Waals surface area contributed by atoms with Crippen LogP contribution < -0.4 is 19.6 Å². The van der Waals surface area contributed by atoms with Crippen molar-refractivity contribution < 1.29 is 0 Å². The molecular formula is C67H52N4. The fourth-order valence-corrected chi connectivity index (χ4v) is 10.0. The summed E-state index contributed by atoms with van der Waals surface area (Å²) in [7, 11) is 0. The lowest BCUT2D eigenvalue weighted by Gasteiger charge is -2.31. The van der Waals surface area contributed by atoms with Gasteiger partial charge >= 0.3 is 0 Å². The minimum absolute atomic E-state index is 0.505. The fraction of sp³-hybridized carbons (Fsp3) is 0.0448. The summed E-state index contributed by atoms with van der Waals surface area (Å²) in [6.45, 7) is 2.28. The average Bonchev–Trinajstić information content (AvgIpc) is 3.43. The van der Waals surface area contributed by atoms with Crippen molar-refractivity contribution in [1.82, 2.24) is 0 Å². The van der Waals surface area contributed by atoms with E-state index in [1.807, 2.05) is 0 Å². The second-order valence-electron chi connectivity index (χ2n) is 18.4. The molecule has 0 bridgehead atoms. The molecule has 0 amide bonds. The molecule has 4 heteroatoms. The molecule has 4 nitrogen and oxygen atoms in total. The van der Waals surface area contributed by atoms with Gasteiger partial charge in [-0.1, -0.05) is 146 Å². The molecule has 0 saturated carbocycles. The van der Waals surface area contributed by atoms with Gasteiger partial charge in [-0.05, 0) is 184 Å². The summed E-state index contributed by atoms with van der Waals surface area (Å²) >= 11 is 0. The van der Waals surface area contributed by atoms with Crippen LogP contribution in [0.25, 0.3) is 32.3 Å². The smallest absolute Gasteiger partial charge is 0.0468 e. The fourth-order valence-electron chi connectivity index (χ4n) is 10.0. The Balaban J connectivity index is 0.959. The zero-order valence-electron chi connectivity index (χ0n) is 39.6. The van der Waals surface area contributed by atoms with Crippen molar-refractivity contribution in [3.05, 3.63) is 285 Å². The van der Waals surface area contributed by atoms with Crippen molar-refractivity contribution in [3.8, 4) is 0 Å². The number of hydrogen-bond donors (Lipinski definition) is 0. The molecule has 11 aromatic carbocycles. The van der Waals surface area contributed by atoms with Gasteiger partial charge in [0.2, 0.25) is 0 Å². The SMILES string of the molecule is CC1C=CC(N(c2ccc(N(c3ccc(N(c4ccccc4)c4ccc5ccccc5c4)cc3)c3ccc(N(c4ccccc4)c4ccc5ccccc5c4)cc3)cc2)c2ccc3ccccc3c2)=CC1. The van der Waals surface area contributed by atoms with Gasteiger partial charge in [0, 0.05) is 68.3 Å². The monoisotopic (exact) mass is 912 g/mol. The van der Waals surface area contributed by atoms with E-state index in [2.05, 4.69) is 306 Å². The first-order chi connectivity index (χ1) is 35.1. The van der Waals surface area contributed by atoms with E-state index >= 15 is 0 Å². The Kier molecular flexibility index (Phi) is 11.6. The summed E-state index contributed by atoms with van der Waals surface area (Å²) in [6.07, 6.45) is 7.97. The first-order valence-electron chi connectivity index (χ1n) is 24.6. The van der Waals surface area contributed by atoms with Gasteiger partial charge in [0.15, 0.2) is 0 Å². The number of benzene rings is 11. The highest BCUT2D eigenvalue weighted by atomic mass is 15.2. The Bertz CT molecular complexity index is 3530. The van der Waals surface area contributed by atoms with E-state index in [1.54, 1.807) is 0 Å². The first-order valence-corrected chi connectivity index (χ1v) is 24.6. The Hall–Kier alpha value is -9.12. The van der Waals surface area contributed by atoms with E-state index in [9.17, 15) is 0 Å². The van der Waals surface area contributed by atoms with Crippen molar-refractivity contribution in [2.24, 2.45) is 5.92 Å². The number of fused-ring (bicyclic) bond motifs is 3. The van der Waals surface area contributed by atoms with Crippen LogP contribution in [0.2, 0.25) is 0 Å². The minimum Gasteiger partial charge on any atom is -0.311 e. The van der Waals surface area contributed by atoms with E-state index < -0.39 is 0 Å². The molecule has 1 aliphatic rings. The van der Waals surface area contributed by atoms with Gasteiger partial charge in [-0.2, -0.15) is 0 Å². The molecule has 340 valence electrons. The summed E-state index contributed by atoms with van der Waals surface area (Å²) in [5, 5.41) is 7.30. The second-order valence-corrected chi connectivity index (χ2v) is 18.4. The molecule has 0 saturated heterocycles. The maximum atomic E-state index is 2.39. The zero-order chi connectivity index (χ0) is 47.5. The third kappa shape index (κ3) is 8.80. The second kappa shape index (κ2) is 19.1. The van der Waals surface area contributed by atoms with Gasteiger partial charge in [-0.25, -0.2) is 0 Å².